The maximum Gasteiger partial charge on any atom is 0.219 e. The Kier molecular flexibility index (Phi) is 5.52. The van der Waals surface area contributed by atoms with Crippen molar-refractivity contribution in [1.82, 2.24) is 14.9 Å². The number of hydrogen-bond donors (Lipinski definition) is 1. The van der Waals surface area contributed by atoms with Crippen LogP contribution in [0.5, 0.6) is 5.75 Å². The van der Waals surface area contributed by atoms with Gasteiger partial charge in [0.1, 0.15) is 22.2 Å². The lowest BCUT2D eigenvalue weighted by Crippen LogP contribution is -2.60. The number of aliphatic hydroxyl groups is 1. The normalized spacial score (nSPS) is 15.1. The Hall–Kier alpha value is -2.49. The van der Waals surface area contributed by atoms with Gasteiger partial charge in [0.25, 0.3) is 0 Å². The van der Waals surface area contributed by atoms with Crippen LogP contribution in [0.25, 0.3) is 10.9 Å². The summed E-state index contributed by atoms with van der Waals surface area (Å²) in [6, 6.07) is 9.11. The predicted molar refractivity (Wildman–Crippen MR) is 116 cm³/mol. The fourth-order valence-electron chi connectivity index (χ4n) is 3.33. The van der Waals surface area contributed by atoms with Crippen molar-refractivity contribution in [3.63, 3.8) is 0 Å². The number of amides is 1. The number of β-amino-alcohol motifs (C(OH)–C–C–N with tert-alkyl or cyclic N) is 1. The van der Waals surface area contributed by atoms with Gasteiger partial charge in [-0.1, -0.05) is 11.8 Å². The van der Waals surface area contributed by atoms with Gasteiger partial charge in [0, 0.05) is 17.2 Å². The molecule has 0 spiro atoms. The molecule has 0 bridgehead atoms. The Morgan fingerprint density at radius 2 is 2.03 bits per heavy atom. The zero-order valence-corrected chi connectivity index (χ0v) is 18.5. The summed E-state index contributed by atoms with van der Waals surface area (Å²) in [5, 5.41) is 12.3. The second-order valence-electron chi connectivity index (χ2n) is 7.24. The number of thiophene rings is 1. The van der Waals surface area contributed by atoms with E-state index in [1.807, 2.05) is 25.1 Å². The summed E-state index contributed by atoms with van der Waals surface area (Å²) in [6.45, 7) is 3.83. The first-order valence-electron chi connectivity index (χ1n) is 9.36. The first-order chi connectivity index (χ1) is 14.3. The molecule has 3 heterocycles. The number of benzene rings is 1. The Morgan fingerprint density at radius 1 is 1.27 bits per heavy atom. The van der Waals surface area contributed by atoms with Crippen LogP contribution < -0.4 is 4.74 Å². The third kappa shape index (κ3) is 3.92. The first-order valence-corrected chi connectivity index (χ1v) is 11.2. The maximum atomic E-state index is 12.8. The molecule has 0 saturated carbocycles. The van der Waals surface area contributed by atoms with E-state index in [0.717, 1.165) is 15.9 Å². The second-order valence-corrected chi connectivity index (χ2v) is 9.29. The zero-order valence-electron chi connectivity index (χ0n) is 16.8. The van der Waals surface area contributed by atoms with Crippen molar-refractivity contribution >= 4 is 45.7 Å². The fraction of sp³-hybridized carbons (Fsp3) is 0.333. The number of nitrogens with zero attached hydrogens (tertiary/aromatic N) is 3. The number of ketones is 1. The van der Waals surface area contributed by atoms with Gasteiger partial charge in [0.05, 0.1) is 36.3 Å². The average Bonchev–Trinajstić information content (AvgIpc) is 3.19. The van der Waals surface area contributed by atoms with Gasteiger partial charge >= 0.3 is 0 Å². The van der Waals surface area contributed by atoms with E-state index < -0.39 is 5.60 Å². The van der Waals surface area contributed by atoms with Crippen LogP contribution in [0.3, 0.4) is 0 Å². The third-order valence-electron chi connectivity index (χ3n) is 5.01. The van der Waals surface area contributed by atoms with E-state index in [1.165, 1.54) is 30.0 Å². The lowest BCUT2D eigenvalue weighted by atomic mass is 9.92. The SMILES string of the molecule is COc1ccc2nc(C)nc(SCC(=O)c3ccc(C4(O)CN(C(C)=O)C4)s3)c2c1. The van der Waals surface area contributed by atoms with E-state index >= 15 is 0 Å². The molecular formula is C21H21N3O4S2. The van der Waals surface area contributed by atoms with Crippen molar-refractivity contribution in [2.75, 3.05) is 26.0 Å². The molecule has 0 radical (unpaired) electrons. The number of methoxy groups -OCH3 is 1. The molecule has 0 unspecified atom stereocenters. The molecule has 4 rings (SSSR count). The predicted octanol–water partition coefficient (Wildman–Crippen LogP) is 3.03. The van der Waals surface area contributed by atoms with Gasteiger partial charge in [-0.15, -0.1) is 11.3 Å². The highest BCUT2D eigenvalue weighted by molar-refractivity contribution is 8.00. The molecule has 0 atom stereocenters. The molecule has 0 aliphatic carbocycles. The van der Waals surface area contributed by atoms with Crippen LogP contribution in [0, 0.1) is 6.92 Å². The average molecular weight is 444 g/mol. The molecule has 9 heteroatoms. The molecule has 7 nitrogen and oxygen atoms in total. The number of carbonyl (C=O) groups excluding carboxylic acids is 2. The molecule has 156 valence electrons. The minimum Gasteiger partial charge on any atom is -0.497 e. The number of aromatic nitrogens is 2. The second kappa shape index (κ2) is 7.98. The number of hydrogen-bond acceptors (Lipinski definition) is 8. The van der Waals surface area contributed by atoms with Crippen molar-refractivity contribution in [2.24, 2.45) is 0 Å². The van der Waals surface area contributed by atoms with E-state index in [1.54, 1.807) is 24.1 Å². The van der Waals surface area contributed by atoms with Gasteiger partial charge in [-0.25, -0.2) is 9.97 Å². The van der Waals surface area contributed by atoms with Crippen molar-refractivity contribution in [2.45, 2.75) is 24.5 Å². The van der Waals surface area contributed by atoms with Crippen LogP contribution in [0.2, 0.25) is 0 Å². The number of likely N-dealkylation sites (tertiary alicyclic amines) is 1. The smallest absolute Gasteiger partial charge is 0.219 e. The molecular weight excluding hydrogens is 422 g/mol. The van der Waals surface area contributed by atoms with Crippen molar-refractivity contribution < 1.29 is 19.4 Å². The minimum absolute atomic E-state index is 0.0325. The number of aryl methyl sites for hydroxylation is 1. The number of rotatable bonds is 6. The zero-order chi connectivity index (χ0) is 21.5. The van der Waals surface area contributed by atoms with Crippen LogP contribution in [-0.4, -0.2) is 57.6 Å². The monoisotopic (exact) mass is 443 g/mol. The van der Waals surface area contributed by atoms with Gasteiger partial charge in [-0.05, 0) is 37.3 Å². The number of fused-ring (bicyclic) bond motifs is 1. The van der Waals surface area contributed by atoms with Crippen molar-refractivity contribution in [3.8, 4) is 5.75 Å². The van der Waals surface area contributed by atoms with E-state index in [4.69, 9.17) is 4.74 Å². The van der Waals surface area contributed by atoms with Gasteiger partial charge in [-0.2, -0.15) is 0 Å². The number of ether oxygens (including phenoxy) is 1. The molecule has 1 saturated heterocycles. The van der Waals surface area contributed by atoms with Crippen LogP contribution >= 0.6 is 23.1 Å². The van der Waals surface area contributed by atoms with Crippen LogP contribution in [0.4, 0.5) is 0 Å². The summed E-state index contributed by atoms with van der Waals surface area (Å²) in [7, 11) is 1.60. The summed E-state index contributed by atoms with van der Waals surface area (Å²) in [6.07, 6.45) is 0. The largest absolute Gasteiger partial charge is 0.497 e. The Labute approximate surface area is 182 Å². The van der Waals surface area contributed by atoms with Gasteiger partial charge < -0.3 is 14.7 Å². The van der Waals surface area contributed by atoms with E-state index in [2.05, 4.69) is 9.97 Å². The highest BCUT2D eigenvalue weighted by Gasteiger charge is 2.45. The van der Waals surface area contributed by atoms with Gasteiger partial charge in [0.15, 0.2) is 5.78 Å². The van der Waals surface area contributed by atoms with Crippen LogP contribution in [0.15, 0.2) is 35.4 Å². The molecule has 1 aromatic carbocycles. The van der Waals surface area contributed by atoms with Crippen molar-refractivity contribution in [3.05, 3.63) is 45.9 Å². The molecule has 30 heavy (non-hydrogen) atoms. The highest BCUT2D eigenvalue weighted by Crippen LogP contribution is 2.37. The quantitative estimate of drug-likeness (QED) is 0.356. The molecule has 2 aromatic heterocycles. The van der Waals surface area contributed by atoms with E-state index in [9.17, 15) is 14.7 Å². The molecule has 1 fully saturated rings. The number of Topliss-reactive ketones (excluding diaryl/α,β-unsaturated/α-hetero) is 1. The Balaban J connectivity index is 1.48. The summed E-state index contributed by atoms with van der Waals surface area (Å²) >= 11 is 2.64. The molecule has 1 amide bonds. The molecule has 3 aromatic rings. The third-order valence-corrected chi connectivity index (χ3v) is 7.32. The highest BCUT2D eigenvalue weighted by atomic mass is 32.2. The van der Waals surface area contributed by atoms with Crippen LogP contribution in [0.1, 0.15) is 27.3 Å². The summed E-state index contributed by atoms with van der Waals surface area (Å²) in [4.78, 5) is 36.0. The number of carbonyl (C=O) groups is 2. The Morgan fingerprint density at radius 3 is 2.73 bits per heavy atom. The fourth-order valence-corrected chi connectivity index (χ4v) is 5.38. The van der Waals surface area contributed by atoms with Crippen LogP contribution in [-0.2, 0) is 10.4 Å². The minimum atomic E-state index is -1.06. The van der Waals surface area contributed by atoms with Gasteiger partial charge in [0.2, 0.25) is 5.91 Å². The van der Waals surface area contributed by atoms with E-state index in [0.29, 0.717) is 21.3 Å². The maximum absolute atomic E-state index is 12.8. The lowest BCUT2D eigenvalue weighted by Gasteiger charge is -2.45. The Bertz CT molecular complexity index is 1140. The summed E-state index contributed by atoms with van der Waals surface area (Å²) in [5.74, 6) is 1.48. The molecule has 1 aliphatic rings. The lowest BCUT2D eigenvalue weighted by molar-refractivity contribution is -0.154. The topological polar surface area (TPSA) is 92.6 Å². The first kappa shape index (κ1) is 20.8. The summed E-state index contributed by atoms with van der Waals surface area (Å²) < 4.78 is 5.30. The molecule has 1 N–H and O–H groups in total. The van der Waals surface area contributed by atoms with E-state index in [-0.39, 0.29) is 30.5 Å². The molecule has 1 aliphatic heterocycles. The van der Waals surface area contributed by atoms with Gasteiger partial charge in [-0.3, -0.25) is 9.59 Å². The standard InChI is InChI=1S/C21H21N3O4S2/c1-12-22-16-5-4-14(28-3)8-15(16)20(23-12)29-9-17(26)18-6-7-19(30-18)21(27)10-24(11-21)13(2)25/h4-8,27H,9-11H2,1-3H3. The van der Waals surface area contributed by atoms with Crippen molar-refractivity contribution in [1.29, 1.82) is 0 Å². The summed E-state index contributed by atoms with van der Waals surface area (Å²) in [5.41, 5.74) is -0.252. The number of thioether (sulfide) groups is 1.